The molecule has 0 radical (unpaired) electrons. The number of amides is 1. The summed E-state index contributed by atoms with van der Waals surface area (Å²) in [7, 11) is 0. The number of hydrogen-bond donors (Lipinski definition) is 1. The average Bonchev–Trinajstić information content (AvgIpc) is 3.52. The van der Waals surface area contributed by atoms with Crippen LogP contribution in [0.5, 0.6) is 5.75 Å². The standard InChI is InChI=1S/C31H31FN4O4S/c32-23-9-10-26-24(18-23)27(37)29(28(40-26)21-6-2-1-3-7-21)39-17-5-12-35-13-15-36(16-14-35)31(38)25-20-41-30(34-25)22-8-4-11-33-19-22/h1-4,6-11,18-19,25,30,34H,5,12-17,20H2/t25-,30?/m0/s1. The van der Waals surface area contributed by atoms with Crippen LogP contribution in [-0.4, -0.2) is 71.8 Å². The normalized spacial score (nSPS) is 19.5. The fraction of sp³-hybridized carbons (Fsp3) is 0.323. The van der Waals surface area contributed by atoms with Gasteiger partial charge < -0.3 is 14.1 Å². The van der Waals surface area contributed by atoms with Crippen LogP contribution in [0, 0.1) is 5.82 Å². The first-order chi connectivity index (χ1) is 20.1. The number of hydrogen-bond acceptors (Lipinski definition) is 8. The van der Waals surface area contributed by atoms with E-state index in [0.717, 1.165) is 31.0 Å². The Labute approximate surface area is 241 Å². The largest absolute Gasteiger partial charge is 0.486 e. The highest BCUT2D eigenvalue weighted by molar-refractivity contribution is 7.99. The maximum Gasteiger partial charge on any atom is 0.240 e. The highest BCUT2D eigenvalue weighted by Crippen LogP contribution is 2.33. The van der Waals surface area contributed by atoms with Crippen LogP contribution in [-0.2, 0) is 4.79 Å². The van der Waals surface area contributed by atoms with Gasteiger partial charge in [-0.3, -0.25) is 24.8 Å². The summed E-state index contributed by atoms with van der Waals surface area (Å²) in [5, 5.41) is 3.70. The van der Waals surface area contributed by atoms with Crippen LogP contribution in [0.4, 0.5) is 4.39 Å². The number of rotatable bonds is 8. The summed E-state index contributed by atoms with van der Waals surface area (Å²) in [5.74, 6) is 0.829. The van der Waals surface area contributed by atoms with Gasteiger partial charge in [-0.25, -0.2) is 4.39 Å². The van der Waals surface area contributed by atoms with Gasteiger partial charge in [0.25, 0.3) is 0 Å². The van der Waals surface area contributed by atoms with Gasteiger partial charge in [0.05, 0.1) is 23.4 Å². The van der Waals surface area contributed by atoms with Crippen LogP contribution in [0.2, 0.25) is 0 Å². The van der Waals surface area contributed by atoms with Crippen molar-refractivity contribution >= 4 is 28.6 Å². The molecule has 2 atom stereocenters. The van der Waals surface area contributed by atoms with Crippen molar-refractivity contribution in [2.75, 3.05) is 45.1 Å². The summed E-state index contributed by atoms with van der Waals surface area (Å²) >= 11 is 1.74. The first-order valence-corrected chi connectivity index (χ1v) is 14.8. The second-order valence-electron chi connectivity index (χ2n) is 10.2. The predicted molar refractivity (Wildman–Crippen MR) is 157 cm³/mol. The molecule has 0 saturated carbocycles. The second-order valence-corrected chi connectivity index (χ2v) is 11.3. The number of pyridine rings is 1. The third kappa shape index (κ3) is 6.14. The molecule has 0 aliphatic carbocycles. The van der Waals surface area contributed by atoms with Crippen LogP contribution >= 0.6 is 11.8 Å². The fourth-order valence-corrected chi connectivity index (χ4v) is 6.49. The van der Waals surface area contributed by atoms with Gasteiger partial charge in [-0.05, 0) is 36.2 Å². The fourth-order valence-electron chi connectivity index (χ4n) is 5.27. The predicted octanol–water partition coefficient (Wildman–Crippen LogP) is 4.31. The number of thioether (sulfide) groups is 1. The number of halogens is 1. The molecule has 6 rings (SSSR count). The smallest absolute Gasteiger partial charge is 0.240 e. The zero-order chi connectivity index (χ0) is 28.2. The number of carbonyl (C=O) groups is 1. The molecule has 2 fully saturated rings. The minimum atomic E-state index is -0.503. The SMILES string of the molecule is O=C([C@@H]1CSC(c2cccnc2)N1)N1CCN(CCCOc2c(-c3ccccc3)oc3ccc(F)cc3c2=O)CC1. The monoisotopic (exact) mass is 574 g/mol. The van der Waals surface area contributed by atoms with Gasteiger partial charge in [0, 0.05) is 56.4 Å². The lowest BCUT2D eigenvalue weighted by Gasteiger charge is -2.36. The highest BCUT2D eigenvalue weighted by atomic mass is 32.2. The van der Waals surface area contributed by atoms with Crippen molar-refractivity contribution < 1.29 is 18.3 Å². The maximum atomic E-state index is 13.9. The van der Waals surface area contributed by atoms with Crippen LogP contribution in [0.3, 0.4) is 0 Å². The van der Waals surface area contributed by atoms with Crippen molar-refractivity contribution in [3.05, 3.63) is 94.7 Å². The second kappa shape index (κ2) is 12.4. The minimum absolute atomic E-state index is 0.0883. The van der Waals surface area contributed by atoms with E-state index in [1.54, 1.807) is 18.0 Å². The number of nitrogens with zero attached hydrogens (tertiary/aromatic N) is 3. The van der Waals surface area contributed by atoms with E-state index in [0.29, 0.717) is 43.0 Å². The van der Waals surface area contributed by atoms with Crippen molar-refractivity contribution in [2.24, 2.45) is 0 Å². The number of benzene rings is 2. The summed E-state index contributed by atoms with van der Waals surface area (Å²) in [4.78, 5) is 34.8. The Balaban J connectivity index is 1.02. The third-order valence-corrected chi connectivity index (χ3v) is 8.73. The maximum absolute atomic E-state index is 13.9. The summed E-state index contributed by atoms with van der Waals surface area (Å²) in [5.41, 5.74) is 1.73. The van der Waals surface area contributed by atoms with Gasteiger partial charge in [-0.2, -0.15) is 0 Å². The van der Waals surface area contributed by atoms with E-state index in [1.807, 2.05) is 53.6 Å². The number of carbonyl (C=O) groups excluding carboxylic acids is 1. The molecule has 2 aliphatic rings. The first kappa shape index (κ1) is 27.4. The van der Waals surface area contributed by atoms with Crippen LogP contribution in [0.1, 0.15) is 17.4 Å². The topological polar surface area (TPSA) is 87.9 Å². The highest BCUT2D eigenvalue weighted by Gasteiger charge is 2.34. The van der Waals surface area contributed by atoms with E-state index in [-0.39, 0.29) is 33.9 Å². The van der Waals surface area contributed by atoms with Crippen molar-refractivity contribution in [3.8, 4) is 17.1 Å². The van der Waals surface area contributed by atoms with Gasteiger partial charge in [0.2, 0.25) is 17.1 Å². The summed E-state index contributed by atoms with van der Waals surface area (Å²) < 4.78 is 25.9. The Bertz CT molecular complexity index is 1560. The molecular formula is C31H31FN4O4S. The molecule has 0 bridgehead atoms. The quantitative estimate of drug-likeness (QED) is 0.312. The van der Waals surface area contributed by atoms with Gasteiger partial charge in [-0.1, -0.05) is 36.4 Å². The van der Waals surface area contributed by atoms with Gasteiger partial charge in [0.1, 0.15) is 11.4 Å². The number of ether oxygens (including phenoxy) is 1. The van der Waals surface area contributed by atoms with Gasteiger partial charge in [-0.15, -0.1) is 11.8 Å². The summed E-state index contributed by atoms with van der Waals surface area (Å²) in [6.45, 7) is 4.01. The van der Waals surface area contributed by atoms with E-state index in [9.17, 15) is 14.0 Å². The van der Waals surface area contributed by atoms with E-state index >= 15 is 0 Å². The van der Waals surface area contributed by atoms with Crippen molar-refractivity contribution in [1.82, 2.24) is 20.1 Å². The van der Waals surface area contributed by atoms with Crippen molar-refractivity contribution in [3.63, 3.8) is 0 Å². The Kier molecular flexibility index (Phi) is 8.31. The molecular weight excluding hydrogens is 543 g/mol. The number of nitrogens with one attached hydrogen (secondary N) is 1. The molecule has 2 aliphatic heterocycles. The third-order valence-electron chi connectivity index (χ3n) is 7.46. The molecule has 4 aromatic rings. The zero-order valence-corrected chi connectivity index (χ0v) is 23.3. The first-order valence-electron chi connectivity index (χ1n) is 13.8. The molecule has 2 aromatic heterocycles. The molecule has 41 heavy (non-hydrogen) atoms. The molecule has 10 heteroatoms. The van der Waals surface area contributed by atoms with Crippen LogP contribution in [0.15, 0.2) is 82.3 Å². The summed E-state index contributed by atoms with van der Waals surface area (Å²) in [6.07, 6.45) is 4.28. The van der Waals surface area contributed by atoms with Crippen LogP contribution in [0.25, 0.3) is 22.3 Å². The molecule has 1 unspecified atom stereocenters. The molecule has 1 N–H and O–H groups in total. The Morgan fingerprint density at radius 3 is 2.71 bits per heavy atom. The molecule has 8 nitrogen and oxygen atoms in total. The molecule has 0 spiro atoms. The van der Waals surface area contributed by atoms with E-state index in [4.69, 9.17) is 9.15 Å². The number of piperazine rings is 1. The Morgan fingerprint density at radius 2 is 1.93 bits per heavy atom. The van der Waals surface area contributed by atoms with Gasteiger partial charge >= 0.3 is 0 Å². The van der Waals surface area contributed by atoms with Gasteiger partial charge in [0.15, 0.2) is 5.76 Å². The van der Waals surface area contributed by atoms with E-state index in [1.165, 1.54) is 18.2 Å². The minimum Gasteiger partial charge on any atom is -0.486 e. The van der Waals surface area contributed by atoms with Crippen molar-refractivity contribution in [2.45, 2.75) is 17.8 Å². The molecule has 2 saturated heterocycles. The molecule has 2 aromatic carbocycles. The Morgan fingerprint density at radius 1 is 1.10 bits per heavy atom. The average molecular weight is 575 g/mol. The number of aromatic nitrogens is 1. The van der Waals surface area contributed by atoms with Crippen LogP contribution < -0.4 is 15.5 Å². The summed E-state index contributed by atoms with van der Waals surface area (Å²) in [6, 6.07) is 17.0. The molecule has 1 amide bonds. The molecule has 4 heterocycles. The van der Waals surface area contributed by atoms with E-state index in [2.05, 4.69) is 15.2 Å². The number of fused-ring (bicyclic) bond motifs is 1. The van der Waals surface area contributed by atoms with Crippen molar-refractivity contribution in [1.29, 1.82) is 0 Å². The van der Waals surface area contributed by atoms with E-state index < -0.39 is 5.82 Å². The molecule has 212 valence electrons. The lowest BCUT2D eigenvalue weighted by atomic mass is 10.1. The lowest BCUT2D eigenvalue weighted by molar-refractivity contribution is -0.134. The lowest BCUT2D eigenvalue weighted by Crippen LogP contribution is -2.53. The zero-order valence-electron chi connectivity index (χ0n) is 22.5. The Hall–Kier alpha value is -3.73.